The average Bonchev–Trinajstić information content (AvgIpc) is 2.89. The van der Waals surface area contributed by atoms with Gasteiger partial charge in [0.25, 0.3) is 0 Å². The number of carbonyl (C=O) groups is 1. The monoisotopic (exact) mass is 327 g/mol. The van der Waals surface area contributed by atoms with Crippen LogP contribution in [-0.2, 0) is 9.53 Å². The summed E-state index contributed by atoms with van der Waals surface area (Å²) < 4.78 is 5.40. The highest BCUT2D eigenvalue weighted by Crippen LogP contribution is 2.15. The Morgan fingerprint density at radius 2 is 1.95 bits per heavy atom. The van der Waals surface area contributed by atoms with Gasteiger partial charge in [0.15, 0.2) is 0 Å². The molecule has 2 fully saturated rings. The highest BCUT2D eigenvalue weighted by molar-refractivity contribution is 5.85. The molecule has 2 aliphatic rings. The number of amides is 1. The third kappa shape index (κ3) is 6.14. The highest BCUT2D eigenvalue weighted by Gasteiger charge is 2.24. The minimum Gasteiger partial charge on any atom is -0.381 e. The number of nitrogens with zero attached hydrogens (tertiary/aromatic N) is 2. The van der Waals surface area contributed by atoms with E-state index < -0.39 is 0 Å². The van der Waals surface area contributed by atoms with E-state index in [-0.39, 0.29) is 30.7 Å². The van der Waals surface area contributed by atoms with Crippen molar-refractivity contribution in [3.05, 3.63) is 0 Å². The Bertz CT molecular complexity index is 268. The third-order valence-corrected chi connectivity index (χ3v) is 3.85. The number of halogens is 2. The van der Waals surface area contributed by atoms with Gasteiger partial charge in [0, 0.05) is 52.3 Å². The molecule has 2 heterocycles. The maximum atomic E-state index is 11.9. The summed E-state index contributed by atoms with van der Waals surface area (Å²) in [6, 6.07) is 0. The summed E-state index contributed by atoms with van der Waals surface area (Å²) in [5.74, 6) is 0.991. The zero-order valence-electron chi connectivity index (χ0n) is 12.2. The number of nitrogens with one attached hydrogen (secondary N) is 1. The van der Waals surface area contributed by atoms with Crippen LogP contribution in [0.4, 0.5) is 0 Å². The SMILES string of the molecule is CNCCC(=O)N1CCN(CC2CCOC2)CC1.Cl.Cl. The lowest BCUT2D eigenvalue weighted by Crippen LogP contribution is -2.50. The zero-order valence-corrected chi connectivity index (χ0v) is 13.8. The van der Waals surface area contributed by atoms with E-state index in [1.165, 1.54) is 6.42 Å². The lowest BCUT2D eigenvalue weighted by atomic mass is 10.1. The Hall–Kier alpha value is -0.0700. The van der Waals surface area contributed by atoms with Crippen LogP contribution in [0.25, 0.3) is 0 Å². The molecule has 0 aromatic rings. The maximum absolute atomic E-state index is 11.9. The fourth-order valence-electron chi connectivity index (χ4n) is 2.66. The number of hydrogen-bond acceptors (Lipinski definition) is 4. The molecule has 0 radical (unpaired) electrons. The molecule has 20 heavy (non-hydrogen) atoms. The summed E-state index contributed by atoms with van der Waals surface area (Å²) >= 11 is 0. The average molecular weight is 328 g/mol. The number of piperazine rings is 1. The van der Waals surface area contributed by atoms with Gasteiger partial charge in [-0.05, 0) is 19.4 Å². The van der Waals surface area contributed by atoms with E-state index >= 15 is 0 Å². The zero-order chi connectivity index (χ0) is 12.8. The molecule has 5 nitrogen and oxygen atoms in total. The molecule has 0 aromatic heterocycles. The van der Waals surface area contributed by atoms with Crippen molar-refractivity contribution in [3.8, 4) is 0 Å². The Morgan fingerprint density at radius 3 is 2.50 bits per heavy atom. The van der Waals surface area contributed by atoms with Gasteiger partial charge in [-0.25, -0.2) is 0 Å². The number of hydrogen-bond donors (Lipinski definition) is 1. The molecule has 1 N–H and O–H groups in total. The summed E-state index contributed by atoms with van der Waals surface area (Å²) in [7, 11) is 1.88. The first kappa shape index (κ1) is 19.9. The summed E-state index contributed by atoms with van der Waals surface area (Å²) in [4.78, 5) is 16.3. The summed E-state index contributed by atoms with van der Waals surface area (Å²) in [5, 5.41) is 3.02. The maximum Gasteiger partial charge on any atom is 0.223 e. The van der Waals surface area contributed by atoms with Crippen LogP contribution >= 0.6 is 24.8 Å². The Morgan fingerprint density at radius 1 is 1.25 bits per heavy atom. The molecule has 0 spiro atoms. The van der Waals surface area contributed by atoms with Crippen LogP contribution in [0.5, 0.6) is 0 Å². The number of carbonyl (C=O) groups excluding carboxylic acids is 1. The molecule has 2 saturated heterocycles. The highest BCUT2D eigenvalue weighted by atomic mass is 35.5. The normalized spacial score (nSPS) is 23.1. The van der Waals surface area contributed by atoms with Gasteiger partial charge in [-0.2, -0.15) is 0 Å². The first-order chi connectivity index (χ1) is 8.79. The first-order valence-electron chi connectivity index (χ1n) is 7.02. The molecular formula is C13H27Cl2N3O2. The van der Waals surface area contributed by atoms with Gasteiger partial charge in [0.1, 0.15) is 0 Å². The Labute approximate surface area is 134 Å². The fraction of sp³-hybridized carbons (Fsp3) is 0.923. The van der Waals surface area contributed by atoms with Crippen LogP contribution in [-0.4, -0.2) is 75.2 Å². The van der Waals surface area contributed by atoms with Gasteiger partial charge in [0.05, 0.1) is 6.61 Å². The van der Waals surface area contributed by atoms with Crippen molar-refractivity contribution in [2.45, 2.75) is 12.8 Å². The second kappa shape index (κ2) is 10.6. The predicted molar refractivity (Wildman–Crippen MR) is 85.0 cm³/mol. The topological polar surface area (TPSA) is 44.8 Å². The molecular weight excluding hydrogens is 301 g/mol. The third-order valence-electron chi connectivity index (χ3n) is 3.85. The predicted octanol–water partition coefficient (Wildman–Crippen LogP) is 0.620. The molecule has 0 aromatic carbocycles. The molecule has 1 atom stereocenters. The van der Waals surface area contributed by atoms with Crippen molar-refractivity contribution < 1.29 is 9.53 Å². The quantitative estimate of drug-likeness (QED) is 0.804. The fourth-order valence-corrected chi connectivity index (χ4v) is 2.66. The van der Waals surface area contributed by atoms with Crippen molar-refractivity contribution in [1.82, 2.24) is 15.1 Å². The molecule has 2 aliphatic heterocycles. The van der Waals surface area contributed by atoms with E-state index in [0.29, 0.717) is 12.3 Å². The van der Waals surface area contributed by atoms with E-state index in [9.17, 15) is 4.79 Å². The van der Waals surface area contributed by atoms with E-state index in [4.69, 9.17) is 4.74 Å². The first-order valence-corrected chi connectivity index (χ1v) is 7.02. The van der Waals surface area contributed by atoms with Gasteiger partial charge in [0.2, 0.25) is 5.91 Å². The Balaban J connectivity index is 0.00000180. The minimum atomic E-state index is 0. The smallest absolute Gasteiger partial charge is 0.223 e. The molecule has 7 heteroatoms. The van der Waals surface area contributed by atoms with Crippen LogP contribution in [0, 0.1) is 5.92 Å². The largest absolute Gasteiger partial charge is 0.381 e. The summed E-state index contributed by atoms with van der Waals surface area (Å²) in [5.41, 5.74) is 0. The van der Waals surface area contributed by atoms with Crippen molar-refractivity contribution in [2.75, 3.05) is 59.5 Å². The van der Waals surface area contributed by atoms with Crippen LogP contribution < -0.4 is 5.32 Å². The van der Waals surface area contributed by atoms with Crippen molar-refractivity contribution in [3.63, 3.8) is 0 Å². The molecule has 1 amide bonds. The minimum absolute atomic E-state index is 0. The van der Waals surface area contributed by atoms with Crippen molar-refractivity contribution in [2.24, 2.45) is 5.92 Å². The molecule has 0 aliphatic carbocycles. The van der Waals surface area contributed by atoms with Gasteiger partial charge in [-0.1, -0.05) is 0 Å². The van der Waals surface area contributed by atoms with Gasteiger partial charge >= 0.3 is 0 Å². The van der Waals surface area contributed by atoms with Gasteiger partial charge < -0.3 is 15.0 Å². The second-order valence-corrected chi connectivity index (χ2v) is 5.26. The van der Waals surface area contributed by atoms with E-state index in [1.54, 1.807) is 0 Å². The molecule has 0 saturated carbocycles. The van der Waals surface area contributed by atoms with Crippen LogP contribution in [0.15, 0.2) is 0 Å². The summed E-state index contributed by atoms with van der Waals surface area (Å²) in [6.07, 6.45) is 1.81. The molecule has 1 unspecified atom stereocenters. The van der Waals surface area contributed by atoms with E-state index in [0.717, 1.165) is 52.5 Å². The van der Waals surface area contributed by atoms with Gasteiger partial charge in [-0.15, -0.1) is 24.8 Å². The van der Waals surface area contributed by atoms with Gasteiger partial charge in [-0.3, -0.25) is 9.69 Å². The molecule has 2 rings (SSSR count). The van der Waals surface area contributed by atoms with Crippen molar-refractivity contribution >= 4 is 30.7 Å². The number of ether oxygens (including phenoxy) is 1. The molecule has 120 valence electrons. The van der Waals surface area contributed by atoms with E-state index in [1.807, 2.05) is 11.9 Å². The Kier molecular flexibility index (Phi) is 10.6. The second-order valence-electron chi connectivity index (χ2n) is 5.26. The lowest BCUT2D eigenvalue weighted by molar-refractivity contribution is -0.132. The lowest BCUT2D eigenvalue weighted by Gasteiger charge is -2.35. The van der Waals surface area contributed by atoms with E-state index in [2.05, 4.69) is 10.2 Å². The molecule has 0 bridgehead atoms. The number of rotatable bonds is 5. The van der Waals surface area contributed by atoms with Crippen LogP contribution in [0.3, 0.4) is 0 Å². The summed E-state index contributed by atoms with van der Waals surface area (Å²) in [6.45, 7) is 7.56. The van der Waals surface area contributed by atoms with Crippen LogP contribution in [0.1, 0.15) is 12.8 Å². The van der Waals surface area contributed by atoms with Crippen molar-refractivity contribution in [1.29, 1.82) is 0 Å². The standard InChI is InChI=1S/C13H25N3O2.2ClH/c1-14-4-2-13(17)16-7-5-15(6-8-16)10-12-3-9-18-11-12;;/h12,14H,2-11H2,1H3;2*1H. The van der Waals surface area contributed by atoms with Crippen LogP contribution in [0.2, 0.25) is 0 Å².